The van der Waals surface area contributed by atoms with E-state index in [1.807, 2.05) is 0 Å². The highest BCUT2D eigenvalue weighted by Gasteiger charge is 2.19. The van der Waals surface area contributed by atoms with Gasteiger partial charge >= 0.3 is 0 Å². The lowest BCUT2D eigenvalue weighted by molar-refractivity contribution is 0.102. The molecule has 1 aromatic heterocycles. The second kappa shape index (κ2) is 9.52. The summed E-state index contributed by atoms with van der Waals surface area (Å²) in [6, 6.07) is 9.92. The average Bonchev–Trinajstić information content (AvgIpc) is 2.75. The fourth-order valence-corrected chi connectivity index (χ4v) is 2.85. The van der Waals surface area contributed by atoms with Crippen LogP contribution in [0.5, 0.6) is 0 Å². The molecule has 0 bridgehead atoms. The Bertz CT molecular complexity index is 1200. The van der Waals surface area contributed by atoms with Gasteiger partial charge in [-0.2, -0.15) is 0 Å². The molecule has 0 unspecified atom stereocenters. The van der Waals surface area contributed by atoms with Crippen LogP contribution in [0.15, 0.2) is 54.7 Å². The van der Waals surface area contributed by atoms with Gasteiger partial charge in [0.2, 0.25) is 0 Å². The lowest BCUT2D eigenvalue weighted by atomic mass is 10.1. The summed E-state index contributed by atoms with van der Waals surface area (Å²) in [6.07, 6.45) is 1.33. The zero-order chi connectivity index (χ0) is 23.4. The smallest absolute Gasteiger partial charge is 0.259 e. The van der Waals surface area contributed by atoms with Crippen molar-refractivity contribution in [2.45, 2.75) is 0 Å². The number of aromatic nitrogens is 1. The molecule has 0 aliphatic heterocycles. The number of nitrogens with zero attached hydrogens (tertiary/aromatic N) is 2. The monoisotopic (exact) mass is 457 g/mol. The highest BCUT2D eigenvalue weighted by Crippen LogP contribution is 2.21. The summed E-state index contributed by atoms with van der Waals surface area (Å²) in [5.74, 6) is -2.87. The Labute approximate surface area is 187 Å². The number of carbonyl (C=O) groups is 2. The van der Waals surface area contributed by atoms with Gasteiger partial charge in [0.15, 0.2) is 0 Å². The van der Waals surface area contributed by atoms with E-state index in [9.17, 15) is 18.4 Å². The molecular weight excluding hydrogens is 440 g/mol. The van der Waals surface area contributed by atoms with Crippen molar-refractivity contribution in [2.75, 3.05) is 24.7 Å². The number of hydrogen-bond acceptors (Lipinski definition) is 4. The number of anilines is 2. The van der Waals surface area contributed by atoms with Crippen LogP contribution in [0.3, 0.4) is 0 Å². The number of carbonyl (C=O) groups excluding carboxylic acids is 2. The number of hydrogen-bond donors (Lipinski definition) is 3. The first-order chi connectivity index (χ1) is 15.2. The molecule has 0 saturated carbocycles. The van der Waals surface area contributed by atoms with E-state index in [1.54, 1.807) is 14.1 Å². The SMILES string of the molecule is CN(C)C(=N)c1ccc(C(=O)Nc2ccc(F)cc2C(=O)Nc2ccc(Cl)cn2)c(F)c1. The molecule has 7 nitrogen and oxygen atoms in total. The van der Waals surface area contributed by atoms with Gasteiger partial charge in [-0.3, -0.25) is 15.0 Å². The third kappa shape index (κ3) is 5.25. The van der Waals surface area contributed by atoms with Gasteiger partial charge in [-0.25, -0.2) is 13.8 Å². The first-order valence-electron chi connectivity index (χ1n) is 9.25. The van der Waals surface area contributed by atoms with E-state index in [0.717, 1.165) is 18.2 Å². The molecule has 0 atom stereocenters. The van der Waals surface area contributed by atoms with Gasteiger partial charge in [0, 0.05) is 25.9 Å². The second-order valence-corrected chi connectivity index (χ2v) is 7.33. The summed E-state index contributed by atoms with van der Waals surface area (Å²) in [6.45, 7) is 0. The molecule has 0 aliphatic carbocycles. The first-order valence-corrected chi connectivity index (χ1v) is 9.63. The molecule has 2 amide bonds. The van der Waals surface area contributed by atoms with E-state index >= 15 is 0 Å². The van der Waals surface area contributed by atoms with Gasteiger partial charge in [0.1, 0.15) is 23.3 Å². The van der Waals surface area contributed by atoms with Crippen molar-refractivity contribution in [3.8, 4) is 0 Å². The molecule has 32 heavy (non-hydrogen) atoms. The zero-order valence-corrected chi connectivity index (χ0v) is 17.8. The topological polar surface area (TPSA) is 98.2 Å². The van der Waals surface area contributed by atoms with E-state index in [4.69, 9.17) is 17.0 Å². The van der Waals surface area contributed by atoms with Gasteiger partial charge in [-0.15, -0.1) is 0 Å². The normalized spacial score (nSPS) is 10.4. The van der Waals surface area contributed by atoms with E-state index < -0.39 is 23.4 Å². The van der Waals surface area contributed by atoms with Crippen LogP contribution >= 0.6 is 11.6 Å². The maximum atomic E-state index is 14.5. The zero-order valence-electron chi connectivity index (χ0n) is 17.0. The minimum atomic E-state index is -0.843. The molecule has 0 saturated heterocycles. The Kier molecular flexibility index (Phi) is 6.79. The maximum Gasteiger partial charge on any atom is 0.259 e. The Morgan fingerprint density at radius 2 is 1.69 bits per heavy atom. The van der Waals surface area contributed by atoms with Gasteiger partial charge in [-0.05, 0) is 42.5 Å². The van der Waals surface area contributed by atoms with Crippen LogP contribution in [0, 0.1) is 17.0 Å². The lowest BCUT2D eigenvalue weighted by Crippen LogP contribution is -2.23. The quantitative estimate of drug-likeness (QED) is 0.390. The standard InChI is InChI=1S/C22H18ClF2N5O2/c1-30(2)20(26)12-3-6-15(17(25)9-12)21(31)28-18-7-5-14(24)10-16(18)22(32)29-19-8-4-13(23)11-27-19/h3-11,26H,1-2H3,(H,28,31)(H,27,29,32). The van der Waals surface area contributed by atoms with Crippen molar-refractivity contribution in [1.82, 2.24) is 9.88 Å². The average molecular weight is 458 g/mol. The van der Waals surface area contributed by atoms with Crippen molar-refractivity contribution >= 4 is 40.8 Å². The third-order valence-corrected chi connectivity index (χ3v) is 4.60. The fraction of sp³-hybridized carbons (Fsp3) is 0.0909. The molecule has 1 heterocycles. The Balaban J connectivity index is 1.84. The number of pyridine rings is 1. The molecule has 164 valence electrons. The van der Waals surface area contributed by atoms with E-state index in [0.29, 0.717) is 10.6 Å². The molecule has 3 rings (SSSR count). The van der Waals surface area contributed by atoms with Crippen LogP contribution in [0.4, 0.5) is 20.3 Å². The van der Waals surface area contributed by atoms with Gasteiger partial charge in [0.05, 0.1) is 21.8 Å². The van der Waals surface area contributed by atoms with Crippen LogP contribution in [-0.4, -0.2) is 41.6 Å². The summed E-state index contributed by atoms with van der Waals surface area (Å²) in [7, 11) is 3.28. The number of amides is 2. The first kappa shape index (κ1) is 22.8. The van der Waals surface area contributed by atoms with Crippen LogP contribution in [0.2, 0.25) is 5.02 Å². The van der Waals surface area contributed by atoms with E-state index in [1.165, 1.54) is 41.4 Å². The van der Waals surface area contributed by atoms with Crippen LogP contribution < -0.4 is 10.6 Å². The van der Waals surface area contributed by atoms with Crippen LogP contribution in [0.25, 0.3) is 0 Å². The van der Waals surface area contributed by atoms with Crippen LogP contribution in [-0.2, 0) is 0 Å². The van der Waals surface area contributed by atoms with Crippen molar-refractivity contribution in [1.29, 1.82) is 5.41 Å². The lowest BCUT2D eigenvalue weighted by Gasteiger charge is -2.15. The summed E-state index contributed by atoms with van der Waals surface area (Å²) < 4.78 is 28.3. The Hall–Kier alpha value is -3.85. The Morgan fingerprint density at radius 1 is 0.969 bits per heavy atom. The number of benzene rings is 2. The Morgan fingerprint density at radius 3 is 2.31 bits per heavy atom. The summed E-state index contributed by atoms with van der Waals surface area (Å²) >= 11 is 5.76. The number of rotatable bonds is 5. The fourth-order valence-electron chi connectivity index (χ4n) is 2.74. The maximum absolute atomic E-state index is 14.5. The van der Waals surface area contributed by atoms with Crippen molar-refractivity contribution in [3.05, 3.63) is 88.1 Å². The van der Waals surface area contributed by atoms with Crippen molar-refractivity contribution in [2.24, 2.45) is 0 Å². The predicted molar refractivity (Wildman–Crippen MR) is 118 cm³/mol. The van der Waals surface area contributed by atoms with Gasteiger partial charge in [-0.1, -0.05) is 17.7 Å². The summed E-state index contributed by atoms with van der Waals surface area (Å²) in [4.78, 5) is 30.7. The minimum absolute atomic E-state index is 0.0209. The molecule has 2 aromatic carbocycles. The number of halogens is 3. The summed E-state index contributed by atoms with van der Waals surface area (Å²) in [5, 5.41) is 13.2. The highest BCUT2D eigenvalue weighted by atomic mass is 35.5. The molecule has 3 N–H and O–H groups in total. The van der Waals surface area contributed by atoms with E-state index in [2.05, 4.69) is 15.6 Å². The minimum Gasteiger partial charge on any atom is -0.363 e. The molecule has 0 radical (unpaired) electrons. The second-order valence-electron chi connectivity index (χ2n) is 6.90. The van der Waals surface area contributed by atoms with Crippen molar-refractivity contribution < 1.29 is 18.4 Å². The highest BCUT2D eigenvalue weighted by molar-refractivity contribution is 6.30. The van der Waals surface area contributed by atoms with Gasteiger partial charge < -0.3 is 15.5 Å². The molecular formula is C22H18ClF2N5O2. The molecule has 0 fully saturated rings. The van der Waals surface area contributed by atoms with Crippen molar-refractivity contribution in [3.63, 3.8) is 0 Å². The predicted octanol–water partition coefficient (Wildman–Crippen LogP) is 4.40. The van der Waals surface area contributed by atoms with E-state index in [-0.39, 0.29) is 28.5 Å². The van der Waals surface area contributed by atoms with Crippen LogP contribution in [0.1, 0.15) is 26.3 Å². The summed E-state index contributed by atoms with van der Waals surface area (Å²) in [5.41, 5.74) is -0.203. The molecule has 0 spiro atoms. The largest absolute Gasteiger partial charge is 0.363 e. The third-order valence-electron chi connectivity index (χ3n) is 4.38. The number of amidine groups is 1. The van der Waals surface area contributed by atoms with Gasteiger partial charge in [0.25, 0.3) is 11.8 Å². The molecule has 0 aliphatic rings. The molecule has 3 aromatic rings. The molecule has 10 heteroatoms. The number of nitrogens with one attached hydrogen (secondary N) is 3.